The van der Waals surface area contributed by atoms with E-state index >= 15 is 0 Å². The molecule has 4 aromatic rings. The Morgan fingerprint density at radius 1 is 0.976 bits per heavy atom. The molecule has 0 atom stereocenters. The summed E-state index contributed by atoms with van der Waals surface area (Å²) >= 11 is 1.11. The minimum atomic E-state index is -0.999. The van der Waals surface area contributed by atoms with E-state index in [0.717, 1.165) is 29.0 Å². The van der Waals surface area contributed by atoms with Gasteiger partial charge >= 0.3 is 0 Å². The zero-order valence-electron chi connectivity index (χ0n) is 22.6. The molecular formula is C30H30F3N5O2S. The Balaban J connectivity index is 1.62. The number of primary amides is 1. The number of nitrogens with one attached hydrogen (secondary N) is 2. The van der Waals surface area contributed by atoms with Gasteiger partial charge in [-0.25, -0.2) is 18.2 Å². The van der Waals surface area contributed by atoms with Crippen LogP contribution in [0, 0.1) is 23.4 Å². The maximum atomic E-state index is 13.5. The first-order valence-electron chi connectivity index (χ1n) is 13.0. The molecule has 214 valence electrons. The minimum absolute atomic E-state index is 0.00609. The Bertz CT molecular complexity index is 1570. The quantitative estimate of drug-likeness (QED) is 0.181. The van der Waals surface area contributed by atoms with Gasteiger partial charge in [0.25, 0.3) is 11.8 Å². The third kappa shape index (κ3) is 7.23. The highest BCUT2D eigenvalue weighted by Gasteiger charge is 2.25. The van der Waals surface area contributed by atoms with Crippen molar-refractivity contribution in [3.8, 4) is 10.4 Å². The molecule has 0 radical (unpaired) electrons. The molecule has 2 heterocycles. The monoisotopic (exact) mass is 581 g/mol. The van der Waals surface area contributed by atoms with Gasteiger partial charge in [-0.1, -0.05) is 32.0 Å². The number of nitrogens with two attached hydrogens (primary N) is 2. The highest BCUT2D eigenvalue weighted by atomic mass is 32.1. The van der Waals surface area contributed by atoms with Gasteiger partial charge in [0.05, 0.1) is 21.8 Å². The number of aromatic nitrogens is 1. The van der Waals surface area contributed by atoms with E-state index in [2.05, 4.69) is 15.6 Å². The van der Waals surface area contributed by atoms with Gasteiger partial charge in [0.15, 0.2) is 11.6 Å². The van der Waals surface area contributed by atoms with Gasteiger partial charge in [-0.15, -0.1) is 11.3 Å². The second kappa shape index (κ2) is 12.9. The number of rotatable bonds is 11. The number of halogens is 3. The Hall–Kier alpha value is -4.38. The maximum absolute atomic E-state index is 13.5. The number of benzene rings is 2. The number of thiophene rings is 1. The third-order valence-corrected chi connectivity index (χ3v) is 7.39. The van der Waals surface area contributed by atoms with Crippen LogP contribution in [0.2, 0.25) is 0 Å². The molecule has 2 aromatic carbocycles. The first kappa shape index (κ1) is 29.6. The summed E-state index contributed by atoms with van der Waals surface area (Å²) in [6.45, 7) is 4.42. The van der Waals surface area contributed by atoms with Crippen molar-refractivity contribution in [1.82, 2.24) is 10.3 Å². The van der Waals surface area contributed by atoms with Crippen LogP contribution in [-0.4, -0.2) is 23.3 Å². The molecule has 2 amide bonds. The fraction of sp³-hybridized carbons (Fsp3) is 0.233. The maximum Gasteiger partial charge on any atom is 0.261 e. The lowest BCUT2D eigenvalue weighted by Crippen LogP contribution is -2.22. The third-order valence-electron chi connectivity index (χ3n) is 6.29. The zero-order chi connectivity index (χ0) is 29.7. The molecule has 0 unspecified atom stereocenters. The zero-order valence-corrected chi connectivity index (χ0v) is 23.4. The molecule has 4 rings (SSSR count). The van der Waals surface area contributed by atoms with E-state index in [1.165, 1.54) is 18.2 Å². The Labute approximate surface area is 239 Å². The summed E-state index contributed by atoms with van der Waals surface area (Å²) < 4.78 is 40.0. The van der Waals surface area contributed by atoms with Crippen LogP contribution in [0.25, 0.3) is 10.4 Å². The smallest absolute Gasteiger partial charge is 0.261 e. The standard InChI is InChI=1S/C30H30F3N5O2S/c1-16(2)13-22-25(28(35)39)26(27(34)29(38-22)36-12-11-17-3-6-19(31)7-4-17)23-9-10-24(41-23)30(40)37-15-18-5-8-20(32)21(33)14-18/h3-10,14,16H,11-13,15,34H2,1-2H3,(H2,35,39)(H,36,38)(H,37,40). The second-order valence-electron chi connectivity index (χ2n) is 9.93. The molecule has 0 fully saturated rings. The van der Waals surface area contributed by atoms with Gasteiger partial charge in [0, 0.05) is 23.5 Å². The molecule has 0 saturated carbocycles. The molecule has 41 heavy (non-hydrogen) atoms. The minimum Gasteiger partial charge on any atom is -0.395 e. The second-order valence-corrected chi connectivity index (χ2v) is 11.0. The van der Waals surface area contributed by atoms with Crippen LogP contribution in [-0.2, 0) is 19.4 Å². The van der Waals surface area contributed by atoms with Gasteiger partial charge < -0.3 is 22.1 Å². The van der Waals surface area contributed by atoms with Gasteiger partial charge in [-0.05, 0) is 66.3 Å². The molecule has 6 N–H and O–H groups in total. The van der Waals surface area contributed by atoms with Gasteiger partial charge in [-0.2, -0.15) is 0 Å². The van der Waals surface area contributed by atoms with Crippen molar-refractivity contribution < 1.29 is 22.8 Å². The number of amides is 2. The van der Waals surface area contributed by atoms with Gasteiger partial charge in [-0.3, -0.25) is 9.59 Å². The Kier molecular flexibility index (Phi) is 9.28. The van der Waals surface area contributed by atoms with E-state index < -0.39 is 23.4 Å². The van der Waals surface area contributed by atoms with E-state index in [-0.39, 0.29) is 29.5 Å². The van der Waals surface area contributed by atoms with Crippen LogP contribution < -0.4 is 22.1 Å². The highest BCUT2D eigenvalue weighted by molar-refractivity contribution is 7.17. The molecule has 0 aliphatic heterocycles. The van der Waals surface area contributed by atoms with Crippen molar-refractivity contribution in [3.63, 3.8) is 0 Å². The van der Waals surface area contributed by atoms with Crippen LogP contribution in [0.5, 0.6) is 0 Å². The van der Waals surface area contributed by atoms with Crippen LogP contribution in [0.3, 0.4) is 0 Å². The van der Waals surface area contributed by atoms with Crippen molar-refractivity contribution in [2.75, 3.05) is 17.6 Å². The van der Waals surface area contributed by atoms with Crippen molar-refractivity contribution in [3.05, 3.63) is 99.3 Å². The largest absolute Gasteiger partial charge is 0.395 e. The van der Waals surface area contributed by atoms with Crippen LogP contribution >= 0.6 is 11.3 Å². The van der Waals surface area contributed by atoms with E-state index in [1.807, 2.05) is 13.8 Å². The van der Waals surface area contributed by atoms with Crippen molar-refractivity contribution in [2.45, 2.75) is 33.2 Å². The molecule has 0 spiro atoms. The number of pyridine rings is 1. The molecule has 2 aromatic heterocycles. The molecular weight excluding hydrogens is 551 g/mol. The van der Waals surface area contributed by atoms with Crippen molar-refractivity contribution in [1.29, 1.82) is 0 Å². The number of hydrogen-bond acceptors (Lipinski definition) is 6. The van der Waals surface area contributed by atoms with E-state index in [0.29, 0.717) is 51.8 Å². The van der Waals surface area contributed by atoms with Crippen molar-refractivity contribution >= 4 is 34.7 Å². The normalized spacial score (nSPS) is 11.1. The predicted molar refractivity (Wildman–Crippen MR) is 155 cm³/mol. The van der Waals surface area contributed by atoms with E-state index in [1.54, 1.807) is 24.3 Å². The van der Waals surface area contributed by atoms with Gasteiger partial charge in [0.1, 0.15) is 11.6 Å². The molecule has 7 nitrogen and oxygen atoms in total. The van der Waals surface area contributed by atoms with Crippen LogP contribution in [0.4, 0.5) is 24.7 Å². The number of anilines is 2. The summed E-state index contributed by atoms with van der Waals surface area (Å²) in [5, 5.41) is 5.91. The number of carbonyl (C=O) groups excluding carboxylic acids is 2. The predicted octanol–water partition coefficient (Wildman–Crippen LogP) is 5.69. The Morgan fingerprint density at radius 2 is 1.68 bits per heavy atom. The summed E-state index contributed by atoms with van der Waals surface area (Å²) in [5.41, 5.74) is 15.0. The molecule has 0 aliphatic rings. The molecule has 0 aliphatic carbocycles. The lowest BCUT2D eigenvalue weighted by Gasteiger charge is -2.19. The van der Waals surface area contributed by atoms with Crippen LogP contribution in [0.15, 0.2) is 54.6 Å². The first-order valence-corrected chi connectivity index (χ1v) is 13.8. The van der Waals surface area contributed by atoms with Crippen molar-refractivity contribution in [2.24, 2.45) is 11.7 Å². The number of carbonyl (C=O) groups is 2. The van der Waals surface area contributed by atoms with E-state index in [9.17, 15) is 22.8 Å². The summed E-state index contributed by atoms with van der Waals surface area (Å²) in [4.78, 5) is 31.1. The molecule has 0 saturated heterocycles. The molecule has 11 heteroatoms. The topological polar surface area (TPSA) is 123 Å². The Morgan fingerprint density at radius 3 is 2.34 bits per heavy atom. The van der Waals surface area contributed by atoms with E-state index in [4.69, 9.17) is 11.5 Å². The number of nitrogen functional groups attached to an aromatic ring is 1. The highest BCUT2D eigenvalue weighted by Crippen LogP contribution is 2.40. The number of nitrogens with zero attached hydrogens (tertiary/aromatic N) is 1. The first-order chi connectivity index (χ1) is 19.5. The lowest BCUT2D eigenvalue weighted by molar-refractivity contribution is 0.0953. The van der Waals surface area contributed by atoms with Crippen LogP contribution in [0.1, 0.15) is 50.7 Å². The SMILES string of the molecule is CC(C)Cc1nc(NCCc2ccc(F)cc2)c(N)c(-c2ccc(C(=O)NCc3ccc(F)c(F)c3)s2)c1C(N)=O. The lowest BCUT2D eigenvalue weighted by atomic mass is 9.96. The summed E-state index contributed by atoms with van der Waals surface area (Å²) in [5.74, 6) is -2.87. The number of hydrogen-bond donors (Lipinski definition) is 4. The fourth-order valence-electron chi connectivity index (χ4n) is 4.33. The summed E-state index contributed by atoms with van der Waals surface area (Å²) in [7, 11) is 0. The average Bonchev–Trinajstić information content (AvgIpc) is 3.41. The average molecular weight is 582 g/mol. The summed E-state index contributed by atoms with van der Waals surface area (Å²) in [6, 6.07) is 12.9. The fourth-order valence-corrected chi connectivity index (χ4v) is 5.32. The van der Waals surface area contributed by atoms with Gasteiger partial charge in [0.2, 0.25) is 0 Å². The molecule has 0 bridgehead atoms. The summed E-state index contributed by atoms with van der Waals surface area (Å²) in [6.07, 6.45) is 1.04.